The van der Waals surface area contributed by atoms with Crippen molar-refractivity contribution in [1.29, 1.82) is 0 Å². The Morgan fingerprint density at radius 2 is 2.19 bits per heavy atom. The van der Waals surface area contributed by atoms with Crippen molar-refractivity contribution in [2.24, 2.45) is 0 Å². The van der Waals surface area contributed by atoms with E-state index in [1.807, 2.05) is 29.2 Å². The number of benzene rings is 1. The van der Waals surface area contributed by atoms with Gasteiger partial charge in [0.2, 0.25) is 5.91 Å². The Morgan fingerprint density at radius 1 is 1.33 bits per heavy atom. The van der Waals surface area contributed by atoms with E-state index in [0.29, 0.717) is 25.3 Å². The first-order chi connectivity index (χ1) is 13.1. The molecule has 0 bridgehead atoms. The van der Waals surface area contributed by atoms with E-state index >= 15 is 0 Å². The first kappa shape index (κ1) is 17.4. The van der Waals surface area contributed by atoms with E-state index in [2.05, 4.69) is 20.3 Å². The highest BCUT2D eigenvalue weighted by atomic mass is 16.2. The number of likely N-dealkylation sites (tertiary alicyclic amines) is 1. The monoisotopic (exact) mass is 366 g/mol. The van der Waals surface area contributed by atoms with Crippen LogP contribution in [-0.4, -0.2) is 48.9 Å². The van der Waals surface area contributed by atoms with Crippen LogP contribution in [-0.2, 0) is 11.3 Å². The second-order valence-electron chi connectivity index (χ2n) is 6.99. The molecule has 1 N–H and O–H groups in total. The minimum Gasteiger partial charge on any atom is -0.342 e. The van der Waals surface area contributed by atoms with Crippen LogP contribution < -0.4 is 5.56 Å². The number of H-pyrrole nitrogens is 1. The molecule has 3 aromatic rings. The molecule has 1 aliphatic heterocycles. The van der Waals surface area contributed by atoms with Crippen molar-refractivity contribution < 1.29 is 4.79 Å². The molecule has 4 rings (SSSR count). The molecule has 1 saturated heterocycles. The van der Waals surface area contributed by atoms with Crippen LogP contribution >= 0.6 is 0 Å². The Labute approximate surface area is 156 Å². The van der Waals surface area contributed by atoms with Crippen LogP contribution in [0.2, 0.25) is 0 Å². The SMILES string of the molecule is Cc1nc([C@@H]2CCCN(C(=O)CCn3nnc4ccccc43)C2)cc(=O)[nH]1. The predicted molar refractivity (Wildman–Crippen MR) is 100 cm³/mol. The number of para-hydroxylation sites is 1. The quantitative estimate of drug-likeness (QED) is 0.757. The molecule has 8 nitrogen and oxygen atoms in total. The number of aromatic amines is 1. The molecule has 0 spiro atoms. The van der Waals surface area contributed by atoms with E-state index < -0.39 is 0 Å². The Hall–Kier alpha value is -3.03. The number of carbonyl (C=O) groups is 1. The molecular formula is C19H22N6O2. The van der Waals surface area contributed by atoms with Crippen molar-refractivity contribution in [3.63, 3.8) is 0 Å². The van der Waals surface area contributed by atoms with Crippen molar-refractivity contribution in [3.8, 4) is 0 Å². The van der Waals surface area contributed by atoms with Gasteiger partial charge in [0, 0.05) is 31.5 Å². The number of nitrogens with zero attached hydrogens (tertiary/aromatic N) is 5. The average Bonchev–Trinajstić information content (AvgIpc) is 3.09. The van der Waals surface area contributed by atoms with Gasteiger partial charge in [0.05, 0.1) is 17.8 Å². The summed E-state index contributed by atoms with van der Waals surface area (Å²) in [4.78, 5) is 33.4. The van der Waals surface area contributed by atoms with Crippen LogP contribution in [0.15, 0.2) is 35.1 Å². The fraction of sp³-hybridized carbons (Fsp3) is 0.421. The molecule has 0 unspecified atom stereocenters. The molecular weight excluding hydrogens is 344 g/mol. The molecule has 8 heteroatoms. The van der Waals surface area contributed by atoms with Crippen LogP contribution in [0.5, 0.6) is 0 Å². The summed E-state index contributed by atoms with van der Waals surface area (Å²) in [5, 5.41) is 8.27. The molecule has 1 aromatic carbocycles. The fourth-order valence-electron chi connectivity index (χ4n) is 3.70. The van der Waals surface area contributed by atoms with Gasteiger partial charge in [0.1, 0.15) is 11.3 Å². The third kappa shape index (κ3) is 3.74. The average molecular weight is 366 g/mol. The number of rotatable bonds is 4. The first-order valence-corrected chi connectivity index (χ1v) is 9.24. The van der Waals surface area contributed by atoms with Crippen molar-refractivity contribution in [2.45, 2.75) is 38.6 Å². The van der Waals surface area contributed by atoms with E-state index in [0.717, 1.165) is 36.1 Å². The zero-order valence-electron chi connectivity index (χ0n) is 15.3. The third-order valence-corrected chi connectivity index (χ3v) is 5.03. The zero-order valence-corrected chi connectivity index (χ0v) is 15.3. The van der Waals surface area contributed by atoms with Crippen molar-refractivity contribution in [2.75, 3.05) is 13.1 Å². The van der Waals surface area contributed by atoms with Gasteiger partial charge in [-0.05, 0) is 31.9 Å². The molecule has 1 atom stereocenters. The lowest BCUT2D eigenvalue weighted by molar-refractivity contribution is -0.132. The fourth-order valence-corrected chi connectivity index (χ4v) is 3.70. The van der Waals surface area contributed by atoms with Gasteiger partial charge >= 0.3 is 0 Å². The molecule has 0 saturated carbocycles. The Morgan fingerprint density at radius 3 is 3.04 bits per heavy atom. The minimum atomic E-state index is -0.140. The van der Waals surface area contributed by atoms with Gasteiger partial charge < -0.3 is 9.88 Å². The highest BCUT2D eigenvalue weighted by Gasteiger charge is 2.26. The number of amides is 1. The predicted octanol–water partition coefficient (Wildman–Crippen LogP) is 1.62. The topological polar surface area (TPSA) is 96.8 Å². The lowest BCUT2D eigenvalue weighted by Crippen LogP contribution is -2.40. The summed E-state index contributed by atoms with van der Waals surface area (Å²) >= 11 is 0. The van der Waals surface area contributed by atoms with Gasteiger partial charge in [-0.3, -0.25) is 9.59 Å². The molecule has 1 amide bonds. The van der Waals surface area contributed by atoms with Crippen LogP contribution in [0, 0.1) is 6.92 Å². The van der Waals surface area contributed by atoms with E-state index in [4.69, 9.17) is 0 Å². The number of nitrogens with one attached hydrogen (secondary N) is 1. The number of hydrogen-bond acceptors (Lipinski definition) is 5. The largest absolute Gasteiger partial charge is 0.342 e. The van der Waals surface area contributed by atoms with Gasteiger partial charge in [0.15, 0.2) is 0 Å². The highest BCUT2D eigenvalue weighted by molar-refractivity contribution is 5.77. The molecule has 2 aromatic heterocycles. The smallest absolute Gasteiger partial charge is 0.251 e. The molecule has 0 radical (unpaired) electrons. The Kier molecular flexibility index (Phi) is 4.70. The van der Waals surface area contributed by atoms with E-state index in [1.165, 1.54) is 0 Å². The zero-order chi connectivity index (χ0) is 18.8. The number of hydrogen-bond donors (Lipinski definition) is 1. The summed E-state index contributed by atoms with van der Waals surface area (Å²) in [5.41, 5.74) is 2.40. The summed E-state index contributed by atoms with van der Waals surface area (Å²) in [5.74, 6) is 0.816. The lowest BCUT2D eigenvalue weighted by atomic mass is 9.94. The van der Waals surface area contributed by atoms with Gasteiger partial charge in [-0.2, -0.15) is 0 Å². The standard InChI is InChI=1S/C19H22N6O2/c1-13-20-16(11-18(26)21-13)14-5-4-9-24(12-14)19(27)8-10-25-17-7-3-2-6-15(17)22-23-25/h2-3,6-7,11,14H,4-5,8-10,12H2,1H3,(H,20,21,26)/t14-/m1/s1. The van der Waals surface area contributed by atoms with Crippen LogP contribution in [0.1, 0.15) is 36.7 Å². The minimum absolute atomic E-state index is 0.0980. The van der Waals surface area contributed by atoms with E-state index in [-0.39, 0.29) is 17.4 Å². The van der Waals surface area contributed by atoms with Crippen LogP contribution in [0.4, 0.5) is 0 Å². The number of carbonyl (C=O) groups excluding carboxylic acids is 1. The normalized spacial score (nSPS) is 17.4. The third-order valence-electron chi connectivity index (χ3n) is 5.03. The number of piperidine rings is 1. The summed E-state index contributed by atoms with van der Waals surface area (Å²) in [6.45, 7) is 3.63. The maximum Gasteiger partial charge on any atom is 0.251 e. The second kappa shape index (κ2) is 7.30. The van der Waals surface area contributed by atoms with E-state index in [9.17, 15) is 9.59 Å². The Balaban J connectivity index is 1.42. The van der Waals surface area contributed by atoms with Gasteiger partial charge in [0.25, 0.3) is 5.56 Å². The number of fused-ring (bicyclic) bond motifs is 1. The van der Waals surface area contributed by atoms with Crippen molar-refractivity contribution in [1.82, 2.24) is 29.9 Å². The first-order valence-electron chi connectivity index (χ1n) is 9.24. The number of aromatic nitrogens is 5. The highest BCUT2D eigenvalue weighted by Crippen LogP contribution is 2.25. The number of aryl methyl sites for hydroxylation is 2. The van der Waals surface area contributed by atoms with Crippen molar-refractivity contribution in [3.05, 3.63) is 52.2 Å². The van der Waals surface area contributed by atoms with E-state index in [1.54, 1.807) is 17.7 Å². The second-order valence-corrected chi connectivity index (χ2v) is 6.99. The van der Waals surface area contributed by atoms with Crippen LogP contribution in [0.25, 0.3) is 11.0 Å². The molecule has 1 aliphatic rings. The van der Waals surface area contributed by atoms with Gasteiger partial charge in [-0.25, -0.2) is 9.67 Å². The molecule has 3 heterocycles. The summed E-state index contributed by atoms with van der Waals surface area (Å²) < 4.78 is 1.77. The molecule has 0 aliphatic carbocycles. The summed E-state index contributed by atoms with van der Waals surface area (Å²) in [7, 11) is 0. The molecule has 140 valence electrons. The van der Waals surface area contributed by atoms with Crippen molar-refractivity contribution >= 4 is 16.9 Å². The molecule has 27 heavy (non-hydrogen) atoms. The Bertz CT molecular complexity index is 1020. The maximum atomic E-state index is 12.7. The summed E-state index contributed by atoms with van der Waals surface area (Å²) in [6, 6.07) is 9.28. The maximum absolute atomic E-state index is 12.7. The van der Waals surface area contributed by atoms with Crippen LogP contribution in [0.3, 0.4) is 0 Å². The van der Waals surface area contributed by atoms with Gasteiger partial charge in [-0.1, -0.05) is 17.3 Å². The molecule has 1 fully saturated rings. The summed E-state index contributed by atoms with van der Waals surface area (Å²) in [6.07, 6.45) is 2.23. The van der Waals surface area contributed by atoms with Gasteiger partial charge in [-0.15, -0.1) is 5.10 Å². The lowest BCUT2D eigenvalue weighted by Gasteiger charge is -2.32.